The molecule has 21 heavy (non-hydrogen) atoms. The van der Waals surface area contributed by atoms with E-state index < -0.39 is 12.0 Å². The van der Waals surface area contributed by atoms with Gasteiger partial charge >= 0.3 is 5.97 Å². The van der Waals surface area contributed by atoms with Crippen LogP contribution in [0.2, 0.25) is 0 Å². The average Bonchev–Trinajstić information content (AvgIpc) is 2.89. The summed E-state index contributed by atoms with van der Waals surface area (Å²) in [5, 5.41) is 3.69. The number of amides is 1. The topological polar surface area (TPSA) is 71.2 Å². The maximum absolute atomic E-state index is 11.8. The first-order valence-electron chi connectivity index (χ1n) is 6.71. The fourth-order valence-corrected chi connectivity index (χ4v) is 2.23. The standard InChI is InChI=1S/C16H18N2O3/c1-3-6-15(19)18-14(16(20)21-2)9-11-10-17-13-8-5-4-7-12(11)13/h3-8,10,14,17H,9H2,1-2H3,(H,18,19)/t14-/m0/s1. The van der Waals surface area contributed by atoms with Crippen molar-refractivity contribution >= 4 is 22.8 Å². The van der Waals surface area contributed by atoms with Crippen molar-refractivity contribution in [2.75, 3.05) is 7.11 Å². The number of allylic oxidation sites excluding steroid dienone is 1. The molecule has 0 aliphatic heterocycles. The molecule has 0 spiro atoms. The number of ether oxygens (including phenoxy) is 1. The minimum atomic E-state index is -0.710. The average molecular weight is 286 g/mol. The van der Waals surface area contributed by atoms with E-state index in [2.05, 4.69) is 10.3 Å². The van der Waals surface area contributed by atoms with Crippen molar-refractivity contribution in [2.45, 2.75) is 19.4 Å². The molecule has 1 aromatic heterocycles. The van der Waals surface area contributed by atoms with Crippen molar-refractivity contribution in [1.82, 2.24) is 10.3 Å². The smallest absolute Gasteiger partial charge is 0.328 e. The van der Waals surface area contributed by atoms with Crippen LogP contribution >= 0.6 is 0 Å². The van der Waals surface area contributed by atoms with Crippen LogP contribution in [-0.2, 0) is 20.7 Å². The van der Waals surface area contributed by atoms with Crippen LogP contribution in [0.5, 0.6) is 0 Å². The van der Waals surface area contributed by atoms with Gasteiger partial charge < -0.3 is 15.0 Å². The summed E-state index contributed by atoms with van der Waals surface area (Å²) in [6, 6.07) is 7.10. The van der Waals surface area contributed by atoms with E-state index in [9.17, 15) is 9.59 Å². The van der Waals surface area contributed by atoms with E-state index in [1.54, 1.807) is 13.0 Å². The number of esters is 1. The van der Waals surface area contributed by atoms with Crippen LogP contribution < -0.4 is 5.32 Å². The van der Waals surface area contributed by atoms with E-state index >= 15 is 0 Å². The van der Waals surface area contributed by atoms with Crippen LogP contribution in [0.25, 0.3) is 10.9 Å². The number of hydrogen-bond donors (Lipinski definition) is 2. The number of fused-ring (bicyclic) bond motifs is 1. The molecule has 2 rings (SSSR count). The van der Waals surface area contributed by atoms with E-state index in [1.165, 1.54) is 13.2 Å². The molecule has 0 saturated heterocycles. The minimum absolute atomic E-state index is 0.312. The number of aromatic amines is 1. The zero-order chi connectivity index (χ0) is 15.2. The summed E-state index contributed by atoms with van der Waals surface area (Å²) in [5.74, 6) is -0.772. The van der Waals surface area contributed by atoms with Crippen molar-refractivity contribution in [1.29, 1.82) is 0 Å². The minimum Gasteiger partial charge on any atom is -0.467 e. The van der Waals surface area contributed by atoms with Crippen LogP contribution in [0, 0.1) is 0 Å². The normalized spacial score (nSPS) is 12.5. The van der Waals surface area contributed by atoms with Gasteiger partial charge in [0.25, 0.3) is 0 Å². The number of aromatic nitrogens is 1. The lowest BCUT2D eigenvalue weighted by Crippen LogP contribution is -2.42. The fourth-order valence-electron chi connectivity index (χ4n) is 2.23. The Hall–Kier alpha value is -2.56. The van der Waals surface area contributed by atoms with Gasteiger partial charge in [-0.05, 0) is 24.6 Å². The van der Waals surface area contributed by atoms with Crippen molar-refractivity contribution < 1.29 is 14.3 Å². The molecule has 5 nitrogen and oxygen atoms in total. The Morgan fingerprint density at radius 2 is 2.14 bits per heavy atom. The number of para-hydroxylation sites is 1. The number of carbonyl (C=O) groups is 2. The molecule has 2 aromatic rings. The molecule has 0 radical (unpaired) electrons. The molecular formula is C16H18N2O3. The van der Waals surface area contributed by atoms with Crippen LogP contribution in [0.3, 0.4) is 0 Å². The summed E-state index contributed by atoms with van der Waals surface area (Å²) in [6.07, 6.45) is 5.23. The molecule has 1 heterocycles. The Bertz CT molecular complexity index is 673. The second-order valence-electron chi connectivity index (χ2n) is 4.65. The summed E-state index contributed by atoms with van der Waals surface area (Å²) < 4.78 is 4.76. The molecule has 0 saturated carbocycles. The molecule has 0 aliphatic rings. The van der Waals surface area contributed by atoms with Gasteiger partial charge in [-0.25, -0.2) is 4.79 Å². The zero-order valence-electron chi connectivity index (χ0n) is 12.1. The lowest BCUT2D eigenvalue weighted by Gasteiger charge is -2.15. The van der Waals surface area contributed by atoms with Crippen LogP contribution in [0.15, 0.2) is 42.6 Å². The van der Waals surface area contributed by atoms with Crippen molar-refractivity contribution in [3.63, 3.8) is 0 Å². The molecule has 1 atom stereocenters. The van der Waals surface area contributed by atoms with Crippen LogP contribution in [-0.4, -0.2) is 30.0 Å². The Morgan fingerprint density at radius 3 is 2.86 bits per heavy atom. The Labute approximate surface area is 123 Å². The van der Waals surface area contributed by atoms with E-state index in [0.717, 1.165) is 16.5 Å². The zero-order valence-corrected chi connectivity index (χ0v) is 12.1. The number of benzene rings is 1. The number of carbonyl (C=O) groups excluding carboxylic acids is 2. The molecule has 0 fully saturated rings. The highest BCUT2D eigenvalue weighted by atomic mass is 16.5. The van der Waals surface area contributed by atoms with Gasteiger partial charge in [-0.2, -0.15) is 0 Å². The maximum atomic E-state index is 11.8. The van der Waals surface area contributed by atoms with Gasteiger partial charge in [0.15, 0.2) is 0 Å². The van der Waals surface area contributed by atoms with Gasteiger partial charge in [-0.1, -0.05) is 24.3 Å². The molecule has 0 aliphatic carbocycles. The number of rotatable bonds is 5. The predicted octanol–water partition coefficient (Wildman–Crippen LogP) is 1.94. The SMILES string of the molecule is CC=CC(=O)N[C@@H](Cc1c[nH]c2ccccc12)C(=O)OC. The summed E-state index contributed by atoms with van der Waals surface area (Å²) in [4.78, 5) is 26.6. The first-order chi connectivity index (χ1) is 10.2. The third kappa shape index (κ3) is 3.51. The van der Waals surface area contributed by atoms with Gasteiger partial charge in [0.1, 0.15) is 6.04 Å². The first kappa shape index (κ1) is 14.8. The van der Waals surface area contributed by atoms with Gasteiger partial charge in [-0.15, -0.1) is 0 Å². The largest absolute Gasteiger partial charge is 0.467 e. The molecular weight excluding hydrogens is 268 g/mol. The van der Waals surface area contributed by atoms with Crippen molar-refractivity contribution in [2.24, 2.45) is 0 Å². The van der Waals surface area contributed by atoms with Gasteiger partial charge in [0.2, 0.25) is 5.91 Å². The fraction of sp³-hybridized carbons (Fsp3) is 0.250. The lowest BCUT2D eigenvalue weighted by molar-refractivity contribution is -0.144. The summed E-state index contributed by atoms with van der Waals surface area (Å²) in [5.41, 5.74) is 1.96. The highest BCUT2D eigenvalue weighted by Crippen LogP contribution is 2.19. The Balaban J connectivity index is 2.22. The quantitative estimate of drug-likeness (QED) is 0.652. The third-order valence-corrected chi connectivity index (χ3v) is 3.22. The second kappa shape index (κ2) is 6.74. The maximum Gasteiger partial charge on any atom is 0.328 e. The summed E-state index contributed by atoms with van der Waals surface area (Å²) >= 11 is 0. The van der Waals surface area contributed by atoms with Crippen LogP contribution in [0.4, 0.5) is 0 Å². The van der Waals surface area contributed by atoms with Crippen molar-refractivity contribution in [3.05, 3.63) is 48.2 Å². The van der Waals surface area contributed by atoms with E-state index in [1.807, 2.05) is 30.5 Å². The van der Waals surface area contributed by atoms with Gasteiger partial charge in [0, 0.05) is 23.5 Å². The lowest BCUT2D eigenvalue weighted by atomic mass is 10.0. The number of hydrogen-bond acceptors (Lipinski definition) is 3. The van der Waals surface area contributed by atoms with E-state index in [-0.39, 0.29) is 5.91 Å². The summed E-state index contributed by atoms with van der Waals surface area (Å²) in [7, 11) is 1.31. The Kier molecular flexibility index (Phi) is 4.77. The van der Waals surface area contributed by atoms with Gasteiger partial charge in [0.05, 0.1) is 7.11 Å². The highest BCUT2D eigenvalue weighted by molar-refractivity contribution is 5.92. The molecule has 110 valence electrons. The van der Waals surface area contributed by atoms with E-state index in [4.69, 9.17) is 4.74 Å². The predicted molar refractivity (Wildman–Crippen MR) is 80.8 cm³/mol. The number of H-pyrrole nitrogens is 1. The van der Waals surface area contributed by atoms with Gasteiger partial charge in [-0.3, -0.25) is 4.79 Å². The second-order valence-corrected chi connectivity index (χ2v) is 4.65. The molecule has 1 aromatic carbocycles. The van der Waals surface area contributed by atoms with Crippen molar-refractivity contribution in [3.8, 4) is 0 Å². The molecule has 0 unspecified atom stereocenters. The number of nitrogens with one attached hydrogen (secondary N) is 2. The molecule has 2 N–H and O–H groups in total. The van der Waals surface area contributed by atoms with Crippen LogP contribution in [0.1, 0.15) is 12.5 Å². The molecule has 0 bridgehead atoms. The summed E-state index contributed by atoms with van der Waals surface area (Å²) in [6.45, 7) is 1.74. The highest BCUT2D eigenvalue weighted by Gasteiger charge is 2.22. The first-order valence-corrected chi connectivity index (χ1v) is 6.71. The molecule has 1 amide bonds. The Morgan fingerprint density at radius 1 is 1.38 bits per heavy atom. The third-order valence-electron chi connectivity index (χ3n) is 3.22. The monoisotopic (exact) mass is 286 g/mol. The number of methoxy groups -OCH3 is 1. The molecule has 5 heteroatoms. The van der Waals surface area contributed by atoms with E-state index in [0.29, 0.717) is 6.42 Å².